The fourth-order valence-electron chi connectivity index (χ4n) is 1.83. The van der Waals surface area contributed by atoms with Crippen molar-refractivity contribution in [2.24, 2.45) is 0 Å². The first kappa shape index (κ1) is 15.7. The van der Waals surface area contributed by atoms with Gasteiger partial charge in [-0.15, -0.1) is 0 Å². The van der Waals surface area contributed by atoms with Crippen molar-refractivity contribution in [2.45, 2.75) is 37.2 Å². The molecular formula is C14H19NO3S. The number of hydrogen-bond acceptors (Lipinski definition) is 4. The van der Waals surface area contributed by atoms with Crippen LogP contribution < -0.4 is 0 Å². The predicted octanol–water partition coefficient (Wildman–Crippen LogP) is 2.56. The molecule has 19 heavy (non-hydrogen) atoms. The van der Waals surface area contributed by atoms with E-state index in [1.807, 2.05) is 6.92 Å². The van der Waals surface area contributed by atoms with Crippen molar-refractivity contribution in [1.29, 1.82) is 5.26 Å². The zero-order valence-corrected chi connectivity index (χ0v) is 11.9. The molecule has 104 valence electrons. The van der Waals surface area contributed by atoms with E-state index in [2.05, 4.69) is 6.07 Å². The number of rotatable bonds is 8. The molecule has 0 radical (unpaired) electrons. The summed E-state index contributed by atoms with van der Waals surface area (Å²) < 4.78 is 29.9. The van der Waals surface area contributed by atoms with Crippen LogP contribution in [0.4, 0.5) is 0 Å². The summed E-state index contributed by atoms with van der Waals surface area (Å²) in [7, 11) is -3.33. The molecule has 1 rings (SSSR count). The van der Waals surface area contributed by atoms with Crippen LogP contribution in [0.3, 0.4) is 0 Å². The molecule has 0 heterocycles. The van der Waals surface area contributed by atoms with E-state index in [0.717, 1.165) is 0 Å². The van der Waals surface area contributed by atoms with Gasteiger partial charge in [-0.2, -0.15) is 5.26 Å². The Morgan fingerprint density at radius 3 is 2.58 bits per heavy atom. The number of ether oxygens (including phenoxy) is 1. The fraction of sp³-hybridized carbons (Fsp3) is 0.500. The summed E-state index contributed by atoms with van der Waals surface area (Å²) in [6, 6.07) is 10.4. The third-order valence-electron chi connectivity index (χ3n) is 2.72. The molecule has 1 atom stereocenters. The second-order valence-corrected chi connectivity index (χ2v) is 6.26. The highest BCUT2D eigenvalue weighted by atomic mass is 32.2. The van der Waals surface area contributed by atoms with Gasteiger partial charge in [0, 0.05) is 13.0 Å². The maximum Gasteiger partial charge on any atom is 0.180 e. The van der Waals surface area contributed by atoms with Crippen LogP contribution in [0.25, 0.3) is 0 Å². The van der Waals surface area contributed by atoms with E-state index in [1.54, 1.807) is 30.3 Å². The minimum absolute atomic E-state index is 0.0315. The molecule has 5 heteroatoms. The van der Waals surface area contributed by atoms with Gasteiger partial charge >= 0.3 is 0 Å². The summed E-state index contributed by atoms with van der Waals surface area (Å²) in [5.74, 6) is -0.0315. The fourth-order valence-corrected chi connectivity index (χ4v) is 3.34. The van der Waals surface area contributed by atoms with Crippen molar-refractivity contribution in [3.63, 3.8) is 0 Å². The highest BCUT2D eigenvalue weighted by Gasteiger charge is 2.21. The first-order valence-electron chi connectivity index (χ1n) is 6.36. The molecule has 1 aromatic carbocycles. The normalized spacial score (nSPS) is 12.8. The molecule has 0 aromatic heterocycles. The van der Waals surface area contributed by atoms with Crippen LogP contribution in [-0.4, -0.2) is 26.9 Å². The van der Waals surface area contributed by atoms with E-state index in [-0.39, 0.29) is 11.9 Å². The van der Waals surface area contributed by atoms with Gasteiger partial charge < -0.3 is 4.74 Å². The maximum atomic E-state index is 12.2. The summed E-state index contributed by atoms with van der Waals surface area (Å²) in [5.41, 5.74) is 0. The van der Waals surface area contributed by atoms with E-state index in [1.165, 1.54) is 0 Å². The molecule has 0 bridgehead atoms. The zero-order valence-electron chi connectivity index (χ0n) is 11.1. The van der Waals surface area contributed by atoms with Gasteiger partial charge in [-0.1, -0.05) is 18.2 Å². The first-order chi connectivity index (χ1) is 9.10. The Hall–Kier alpha value is -1.38. The smallest absolute Gasteiger partial charge is 0.180 e. The van der Waals surface area contributed by atoms with Crippen molar-refractivity contribution in [1.82, 2.24) is 0 Å². The second-order valence-electron chi connectivity index (χ2n) is 4.22. The van der Waals surface area contributed by atoms with Crippen molar-refractivity contribution in [2.75, 3.05) is 12.4 Å². The van der Waals surface area contributed by atoms with Gasteiger partial charge in [-0.3, -0.25) is 0 Å². The van der Waals surface area contributed by atoms with E-state index in [4.69, 9.17) is 10.00 Å². The molecule has 1 aromatic rings. The standard InChI is InChI=1S/C14H19NO3S/c1-2-18-13(8-6-7-11-15)12-19(16,17)14-9-4-3-5-10-14/h3-5,9-10,13H,2,6-8,12H2,1H3. The Kier molecular flexibility index (Phi) is 6.54. The van der Waals surface area contributed by atoms with Crippen molar-refractivity contribution < 1.29 is 13.2 Å². The van der Waals surface area contributed by atoms with Crippen LogP contribution in [0, 0.1) is 11.3 Å². The summed E-state index contributed by atoms with van der Waals surface area (Å²) in [5, 5.41) is 8.51. The van der Waals surface area contributed by atoms with E-state index < -0.39 is 9.84 Å². The molecule has 0 fully saturated rings. The number of nitriles is 1. The summed E-state index contributed by atoms with van der Waals surface area (Å²) >= 11 is 0. The minimum Gasteiger partial charge on any atom is -0.377 e. The SMILES string of the molecule is CCOC(CCCC#N)CS(=O)(=O)c1ccccc1. The monoisotopic (exact) mass is 281 g/mol. The van der Waals surface area contributed by atoms with Gasteiger partial charge in [0.25, 0.3) is 0 Å². The highest BCUT2D eigenvalue weighted by Crippen LogP contribution is 2.15. The molecule has 0 aliphatic rings. The molecule has 1 unspecified atom stereocenters. The van der Waals surface area contributed by atoms with Crippen LogP contribution in [0.1, 0.15) is 26.2 Å². The Balaban J connectivity index is 2.70. The molecule has 0 aliphatic heterocycles. The highest BCUT2D eigenvalue weighted by molar-refractivity contribution is 7.91. The van der Waals surface area contributed by atoms with Gasteiger partial charge in [0.1, 0.15) is 0 Å². The van der Waals surface area contributed by atoms with E-state index in [9.17, 15) is 8.42 Å². The van der Waals surface area contributed by atoms with Crippen LogP contribution in [-0.2, 0) is 14.6 Å². The number of nitrogens with zero attached hydrogens (tertiary/aromatic N) is 1. The average Bonchev–Trinajstić information content (AvgIpc) is 2.40. The van der Waals surface area contributed by atoms with Gasteiger partial charge in [-0.25, -0.2) is 8.42 Å². The van der Waals surface area contributed by atoms with Gasteiger partial charge in [0.15, 0.2) is 9.84 Å². The van der Waals surface area contributed by atoms with Gasteiger partial charge in [-0.05, 0) is 31.9 Å². The molecule has 0 spiro atoms. The largest absolute Gasteiger partial charge is 0.377 e. The van der Waals surface area contributed by atoms with Crippen molar-refractivity contribution in [3.05, 3.63) is 30.3 Å². The quantitative estimate of drug-likeness (QED) is 0.687. The van der Waals surface area contributed by atoms with Crippen molar-refractivity contribution in [3.8, 4) is 6.07 Å². The summed E-state index contributed by atoms with van der Waals surface area (Å²) in [6.07, 6.45) is 1.33. The third-order valence-corrected chi connectivity index (χ3v) is 4.53. The molecule has 0 N–H and O–H groups in total. The molecule has 0 saturated heterocycles. The van der Waals surface area contributed by atoms with Crippen LogP contribution in [0.15, 0.2) is 35.2 Å². The lowest BCUT2D eigenvalue weighted by molar-refractivity contribution is 0.0713. The van der Waals surface area contributed by atoms with E-state index >= 15 is 0 Å². The number of hydrogen-bond donors (Lipinski definition) is 0. The lowest BCUT2D eigenvalue weighted by Crippen LogP contribution is -2.24. The molecule has 4 nitrogen and oxygen atoms in total. The molecular weight excluding hydrogens is 262 g/mol. The average molecular weight is 281 g/mol. The molecule has 0 aliphatic carbocycles. The number of benzene rings is 1. The second kappa shape index (κ2) is 7.93. The molecule has 0 amide bonds. The topological polar surface area (TPSA) is 67.2 Å². The van der Waals surface area contributed by atoms with Crippen LogP contribution in [0.5, 0.6) is 0 Å². The van der Waals surface area contributed by atoms with Crippen molar-refractivity contribution >= 4 is 9.84 Å². The lowest BCUT2D eigenvalue weighted by atomic mass is 10.2. The summed E-state index contributed by atoms with van der Waals surface area (Å²) in [6.45, 7) is 2.31. The Labute approximate surface area is 114 Å². The maximum absolute atomic E-state index is 12.2. The Morgan fingerprint density at radius 2 is 2.00 bits per heavy atom. The predicted molar refractivity (Wildman–Crippen MR) is 73.4 cm³/mol. The van der Waals surface area contributed by atoms with Gasteiger partial charge in [0.05, 0.1) is 22.8 Å². The zero-order chi connectivity index (χ0) is 14.1. The van der Waals surface area contributed by atoms with Gasteiger partial charge in [0.2, 0.25) is 0 Å². The Morgan fingerprint density at radius 1 is 1.32 bits per heavy atom. The first-order valence-corrected chi connectivity index (χ1v) is 8.01. The third kappa shape index (κ3) is 5.41. The van der Waals surface area contributed by atoms with Crippen LogP contribution >= 0.6 is 0 Å². The minimum atomic E-state index is -3.33. The number of unbranched alkanes of at least 4 members (excludes halogenated alkanes) is 1. The van der Waals surface area contributed by atoms with E-state index in [0.29, 0.717) is 30.8 Å². The molecule has 0 saturated carbocycles. The van der Waals surface area contributed by atoms with Crippen LogP contribution in [0.2, 0.25) is 0 Å². The Bertz CT molecular complexity index is 505. The summed E-state index contributed by atoms with van der Waals surface area (Å²) in [4.78, 5) is 0.319. The number of sulfone groups is 1. The lowest BCUT2D eigenvalue weighted by Gasteiger charge is -2.16.